The number of aliphatic hydroxyl groups is 1. The Morgan fingerprint density at radius 2 is 1.27 bits per heavy atom. The summed E-state index contributed by atoms with van der Waals surface area (Å²) in [6, 6.07) is 28.4. The Bertz CT molecular complexity index is 3710. The minimum Gasteiger partial charge on any atom is -0.461 e. The lowest BCUT2D eigenvalue weighted by molar-refractivity contribution is -0.727. The van der Waals surface area contributed by atoms with E-state index in [4.69, 9.17) is 37.9 Å². The third-order valence-corrected chi connectivity index (χ3v) is 17.9. The van der Waals surface area contributed by atoms with E-state index < -0.39 is 138 Å². The van der Waals surface area contributed by atoms with E-state index in [9.17, 15) is 43.5 Å². The molecule has 3 amide bonds. The highest BCUT2D eigenvalue weighted by Gasteiger charge is 2.79. The lowest BCUT2D eigenvalue weighted by Crippen LogP contribution is -2.82. The van der Waals surface area contributed by atoms with Gasteiger partial charge in [-0.15, -0.1) is 0 Å². The Morgan fingerprint density at radius 3 is 1.84 bits per heavy atom. The zero-order chi connectivity index (χ0) is 66.6. The number of pyridine rings is 2. The summed E-state index contributed by atoms with van der Waals surface area (Å²) in [5.74, 6) is -9.16. The molecule has 0 radical (unpaired) electrons. The van der Waals surface area contributed by atoms with Gasteiger partial charge in [0.1, 0.15) is 53.6 Å². The molecule has 0 unspecified atom stereocenters. The summed E-state index contributed by atoms with van der Waals surface area (Å²) in [7, 11) is 6.32. The molecule has 3 heterocycles. The first-order chi connectivity index (χ1) is 43.6. The molecule has 92 heavy (non-hydrogen) atoms. The van der Waals surface area contributed by atoms with Gasteiger partial charge in [-0.25, -0.2) is 19.0 Å². The van der Waals surface area contributed by atoms with E-state index in [1.54, 1.807) is 136 Å². The van der Waals surface area contributed by atoms with Gasteiger partial charge in [-0.2, -0.15) is 4.57 Å². The second kappa shape index (κ2) is 27.0. The summed E-state index contributed by atoms with van der Waals surface area (Å²) < 4.78 is 52.7. The molecule has 3 aromatic carbocycles. The van der Waals surface area contributed by atoms with E-state index in [2.05, 4.69) is 5.32 Å². The highest BCUT2D eigenvalue weighted by Crippen LogP contribution is 2.65. The summed E-state index contributed by atoms with van der Waals surface area (Å²) in [6.07, 6.45) is -7.34. The van der Waals surface area contributed by atoms with Gasteiger partial charge in [0.25, 0.3) is 24.5 Å². The number of esters is 5. The average molecular weight is 1270 g/mol. The van der Waals surface area contributed by atoms with Crippen LogP contribution in [0.15, 0.2) is 151 Å². The van der Waals surface area contributed by atoms with Crippen LogP contribution in [0.25, 0.3) is 0 Å². The molecule has 24 nitrogen and oxygen atoms in total. The van der Waals surface area contributed by atoms with Crippen molar-refractivity contribution in [3.05, 3.63) is 179 Å². The van der Waals surface area contributed by atoms with Crippen LogP contribution in [0.1, 0.15) is 114 Å². The number of carbonyl (C=O) groups excluding carboxylic acids is 10. The summed E-state index contributed by atoms with van der Waals surface area (Å²) in [4.78, 5) is 146. The van der Waals surface area contributed by atoms with E-state index in [0.29, 0.717) is 5.56 Å². The van der Waals surface area contributed by atoms with Crippen molar-refractivity contribution in [2.24, 2.45) is 16.7 Å². The summed E-state index contributed by atoms with van der Waals surface area (Å²) >= 11 is 0. The molecule has 0 spiro atoms. The van der Waals surface area contributed by atoms with Gasteiger partial charge >= 0.3 is 36.0 Å². The first kappa shape index (κ1) is 66.7. The highest BCUT2D eigenvalue weighted by molar-refractivity contribution is 5.97. The van der Waals surface area contributed by atoms with E-state index >= 15 is 9.59 Å². The molecule has 4 aliphatic rings. The number of nitrogens with zero attached hydrogens (tertiary/aromatic N) is 4. The number of rotatable bonds is 19. The molecule has 2 saturated carbocycles. The predicted molar refractivity (Wildman–Crippen MR) is 321 cm³/mol. The van der Waals surface area contributed by atoms with Gasteiger partial charge in [-0.1, -0.05) is 80.6 Å². The second-order valence-electron chi connectivity index (χ2n) is 24.5. The molecule has 1 saturated heterocycles. The van der Waals surface area contributed by atoms with Gasteiger partial charge in [0, 0.05) is 78.0 Å². The van der Waals surface area contributed by atoms with Crippen molar-refractivity contribution in [3.8, 4) is 0 Å². The number of hydrogen-bond acceptors (Lipinski definition) is 19. The number of aryl methyl sites for hydroxylation is 1. The Labute approximate surface area is 531 Å². The standard InChI is InChI=1S/C68H74N5O19/c1-40-48(88-63(82)55(90-64(83)86-39-73-32-21-29-47(37-73)61(80)71(9)10)53(43-22-14-11-15-23-43)69-59(78)44-24-16-12-17-25-44)35-68(84)58(91-62(81)45-26-18-13-19-27-45)56-66(6,57(77)54(87-41(2)74)52(40)65(68,4)5)49(34-50-67(56,38-85-50)92-42(3)75)89-51(76)30-33-72-31-20-28-46(36-72)60(79)70(7)8/h11-29,31-32,36-37,48-50,53-56,58,84H,30,33-35,38-39H2,1-10H3/q+1/p+1/t48-,49-,50+,53-,54+,55+,56-,58-,66+,67-,68+/m0/s1. The van der Waals surface area contributed by atoms with Gasteiger partial charge < -0.3 is 58.1 Å². The van der Waals surface area contributed by atoms with Crippen molar-refractivity contribution in [2.75, 3.05) is 34.8 Å². The van der Waals surface area contributed by atoms with Crippen molar-refractivity contribution in [3.63, 3.8) is 0 Å². The molecule has 1 aliphatic heterocycles. The third-order valence-electron chi connectivity index (χ3n) is 17.9. The molecule has 3 fully saturated rings. The van der Waals surface area contributed by atoms with Crippen LogP contribution in [0.5, 0.6) is 0 Å². The fourth-order valence-electron chi connectivity index (χ4n) is 13.2. The molecule has 2 bridgehead atoms. The number of Topliss-reactive ketones (excluding diaryl/α,β-unsaturated/α-hetero) is 1. The van der Waals surface area contributed by atoms with E-state index in [1.807, 2.05) is 0 Å². The van der Waals surface area contributed by atoms with Crippen LogP contribution in [-0.2, 0) is 75.1 Å². The Kier molecular flexibility index (Phi) is 19.6. The maximum absolute atomic E-state index is 16.6. The van der Waals surface area contributed by atoms with Crippen LogP contribution in [0.2, 0.25) is 0 Å². The largest absolute Gasteiger partial charge is 0.514 e. The maximum atomic E-state index is 16.6. The molecule has 11 atom stereocenters. The predicted octanol–water partition coefficient (Wildman–Crippen LogP) is 5.17. The number of ketones is 1. The minimum atomic E-state index is -2.62. The molecule has 9 rings (SSSR count). The molecule has 2 aromatic heterocycles. The zero-order valence-electron chi connectivity index (χ0n) is 52.7. The van der Waals surface area contributed by atoms with E-state index in [1.165, 1.54) is 78.7 Å². The number of aromatic nitrogens is 2. The van der Waals surface area contributed by atoms with Crippen LogP contribution < -0.4 is 14.5 Å². The van der Waals surface area contributed by atoms with Crippen LogP contribution in [0.4, 0.5) is 4.79 Å². The number of nitrogens with one attached hydrogen (secondary N) is 1. The molecule has 3 aliphatic carbocycles. The summed E-state index contributed by atoms with van der Waals surface area (Å²) in [5, 5.41) is 17.3. The lowest BCUT2D eigenvalue weighted by Gasteiger charge is -2.67. The van der Waals surface area contributed by atoms with Gasteiger partial charge in [-0.05, 0) is 67.0 Å². The fraction of sp³-hybridized carbons (Fsp3) is 0.412. The zero-order valence-corrected chi connectivity index (χ0v) is 52.7. The number of hydrogen-bond donors (Lipinski definition) is 2. The SMILES string of the molecule is CC(=O)O[C@H]1C(=O)[C@]2(C)[C@@H](OC(=O)CC[n+]3cccc(C(=O)N(C)C)c3)C[C@H]3OC[C@@]3(OC(C)=O)[C@H]2[C@H](OC(=O)c2ccccc2)[C@]2(O)C[C@H](OC(=O)[C@H](OC(=O)OC[n+]3cccc(C(=O)N(C)C)c3)[C@@H](NC(=O)c3ccccc3)c3ccccc3)C(C)=C1C2(C)C. The molecule has 5 aromatic rings. The van der Waals surface area contributed by atoms with Crippen molar-refractivity contribution in [2.45, 2.75) is 128 Å². The van der Waals surface area contributed by atoms with Gasteiger partial charge in [-0.3, -0.25) is 33.6 Å². The Hall–Kier alpha value is -9.68. The lowest BCUT2D eigenvalue weighted by atomic mass is 9.44. The topological polar surface area (TPSA) is 291 Å². The quantitative estimate of drug-likeness (QED) is 0.0466. The smallest absolute Gasteiger partial charge is 0.461 e. The number of amides is 3. The minimum absolute atomic E-state index is 0.00835. The molecular weight excluding hydrogens is 1190 g/mol. The number of benzene rings is 3. The monoisotopic (exact) mass is 1270 g/mol. The van der Waals surface area contributed by atoms with Crippen LogP contribution in [-0.4, -0.2) is 157 Å². The number of ether oxygens (including phenoxy) is 8. The molecule has 24 heteroatoms. The second-order valence-corrected chi connectivity index (χ2v) is 24.5. The van der Waals surface area contributed by atoms with Crippen molar-refractivity contribution >= 4 is 59.5 Å². The summed E-state index contributed by atoms with van der Waals surface area (Å²) in [6.45, 7) is 7.08. The fourth-order valence-corrected chi connectivity index (χ4v) is 13.2. The van der Waals surface area contributed by atoms with Gasteiger partial charge in [0.2, 0.25) is 6.10 Å². The Morgan fingerprint density at radius 1 is 0.707 bits per heavy atom. The summed E-state index contributed by atoms with van der Waals surface area (Å²) in [5.41, 5.74) is -7.86. The van der Waals surface area contributed by atoms with Crippen molar-refractivity contribution < 1.29 is 100 Å². The van der Waals surface area contributed by atoms with Crippen molar-refractivity contribution in [1.29, 1.82) is 0 Å². The first-order valence-electron chi connectivity index (χ1n) is 29.9. The van der Waals surface area contributed by atoms with E-state index in [0.717, 1.165) is 13.8 Å². The van der Waals surface area contributed by atoms with E-state index in [-0.39, 0.29) is 64.6 Å². The van der Waals surface area contributed by atoms with Gasteiger partial charge in [0.05, 0.1) is 23.5 Å². The number of fused-ring (bicyclic) bond motifs is 5. The Balaban J connectivity index is 1.18. The molecular formula is C68H75N5O19+2. The normalized spacial score (nSPS) is 24.9. The number of carbonyl (C=O) groups is 10. The average Bonchev–Trinajstić information content (AvgIpc) is 0.669. The van der Waals surface area contributed by atoms with Crippen LogP contribution in [0, 0.1) is 16.7 Å². The molecule has 2 N–H and O–H groups in total. The van der Waals surface area contributed by atoms with Crippen LogP contribution in [0.3, 0.4) is 0 Å². The third kappa shape index (κ3) is 13.2. The first-order valence-corrected chi connectivity index (χ1v) is 29.9. The van der Waals surface area contributed by atoms with Crippen molar-refractivity contribution in [1.82, 2.24) is 15.1 Å². The molecule has 484 valence electrons. The maximum Gasteiger partial charge on any atom is 0.514 e. The van der Waals surface area contributed by atoms with Gasteiger partial charge in [0.15, 0.2) is 48.8 Å². The van der Waals surface area contributed by atoms with Crippen LogP contribution >= 0.6 is 0 Å². The highest BCUT2D eigenvalue weighted by atomic mass is 16.7.